The Labute approximate surface area is 170 Å². The first-order valence-corrected chi connectivity index (χ1v) is 10.2. The first-order valence-electron chi connectivity index (χ1n) is 10.2. The van der Waals surface area contributed by atoms with Crippen LogP contribution in [0.2, 0.25) is 0 Å². The fraction of sp³-hybridized carbons (Fsp3) is 0.409. The van der Waals surface area contributed by atoms with Gasteiger partial charge >= 0.3 is 0 Å². The summed E-state index contributed by atoms with van der Waals surface area (Å²) in [6.45, 7) is 6.18. The van der Waals surface area contributed by atoms with E-state index >= 15 is 0 Å². The maximum absolute atomic E-state index is 12.7. The highest BCUT2D eigenvalue weighted by Crippen LogP contribution is 2.26. The SMILES string of the molecule is CC(C)C(O)c1nnc2ccc(C(=O)NCCN3CCCc4ccccc43)cn12. The van der Waals surface area contributed by atoms with E-state index in [2.05, 4.69) is 44.7 Å². The van der Waals surface area contributed by atoms with Crippen LogP contribution in [0.25, 0.3) is 5.65 Å². The topological polar surface area (TPSA) is 82.8 Å². The summed E-state index contributed by atoms with van der Waals surface area (Å²) in [5.74, 6) is 0.317. The van der Waals surface area contributed by atoms with Crippen molar-refractivity contribution in [1.29, 1.82) is 0 Å². The van der Waals surface area contributed by atoms with Gasteiger partial charge in [-0.05, 0) is 42.5 Å². The maximum atomic E-state index is 12.7. The molecule has 0 fully saturated rings. The lowest BCUT2D eigenvalue weighted by molar-refractivity contribution is 0.0953. The van der Waals surface area contributed by atoms with Crippen molar-refractivity contribution in [2.24, 2.45) is 5.92 Å². The summed E-state index contributed by atoms with van der Waals surface area (Å²) in [6, 6.07) is 12.0. The molecule has 1 aliphatic heterocycles. The number of benzene rings is 1. The fourth-order valence-corrected chi connectivity index (χ4v) is 3.79. The number of amides is 1. The first kappa shape index (κ1) is 19.4. The third-order valence-electron chi connectivity index (χ3n) is 5.46. The number of hydrogen-bond acceptors (Lipinski definition) is 5. The van der Waals surface area contributed by atoms with E-state index in [1.165, 1.54) is 11.3 Å². The number of carbonyl (C=O) groups is 1. The molecule has 0 bridgehead atoms. The van der Waals surface area contributed by atoms with Gasteiger partial charge in [0, 0.05) is 31.5 Å². The number of para-hydroxylation sites is 1. The third-order valence-corrected chi connectivity index (χ3v) is 5.46. The van der Waals surface area contributed by atoms with E-state index < -0.39 is 6.10 Å². The van der Waals surface area contributed by atoms with Crippen molar-refractivity contribution in [3.63, 3.8) is 0 Å². The van der Waals surface area contributed by atoms with E-state index in [0.717, 1.165) is 25.9 Å². The molecule has 1 aliphatic rings. The second kappa shape index (κ2) is 8.21. The molecule has 1 unspecified atom stereocenters. The second-order valence-electron chi connectivity index (χ2n) is 7.87. The molecular weight excluding hydrogens is 366 g/mol. The van der Waals surface area contributed by atoms with Gasteiger partial charge in [-0.2, -0.15) is 0 Å². The molecule has 7 nitrogen and oxygen atoms in total. The van der Waals surface area contributed by atoms with Crippen molar-refractivity contribution in [3.05, 3.63) is 59.5 Å². The van der Waals surface area contributed by atoms with E-state index in [1.807, 2.05) is 13.8 Å². The second-order valence-corrected chi connectivity index (χ2v) is 7.87. The van der Waals surface area contributed by atoms with Crippen LogP contribution in [0, 0.1) is 5.92 Å². The first-order chi connectivity index (χ1) is 14.0. The fourth-order valence-electron chi connectivity index (χ4n) is 3.79. The zero-order valence-electron chi connectivity index (χ0n) is 16.9. The number of nitrogens with zero attached hydrogens (tertiary/aromatic N) is 4. The molecule has 0 aliphatic carbocycles. The van der Waals surface area contributed by atoms with Crippen LogP contribution in [0.3, 0.4) is 0 Å². The molecule has 7 heteroatoms. The Morgan fingerprint density at radius 2 is 2.03 bits per heavy atom. The van der Waals surface area contributed by atoms with Gasteiger partial charge in [-0.3, -0.25) is 9.20 Å². The predicted octanol–water partition coefficient (Wildman–Crippen LogP) is 2.60. The molecule has 1 amide bonds. The average Bonchev–Trinajstić information content (AvgIpc) is 3.16. The number of fused-ring (bicyclic) bond motifs is 2. The number of aliphatic hydroxyl groups excluding tert-OH is 1. The molecule has 0 radical (unpaired) electrons. The summed E-state index contributed by atoms with van der Waals surface area (Å²) >= 11 is 0. The molecule has 3 aromatic rings. The highest BCUT2D eigenvalue weighted by Gasteiger charge is 2.20. The summed E-state index contributed by atoms with van der Waals surface area (Å²) in [4.78, 5) is 15.0. The van der Waals surface area contributed by atoms with E-state index in [9.17, 15) is 9.90 Å². The van der Waals surface area contributed by atoms with Crippen LogP contribution >= 0.6 is 0 Å². The molecule has 152 valence electrons. The predicted molar refractivity (Wildman–Crippen MR) is 112 cm³/mol. The lowest BCUT2D eigenvalue weighted by Gasteiger charge is -2.31. The Morgan fingerprint density at radius 3 is 2.86 bits per heavy atom. The Balaban J connectivity index is 1.43. The normalized spacial score (nSPS) is 14.8. The van der Waals surface area contributed by atoms with E-state index in [1.54, 1.807) is 22.7 Å². The van der Waals surface area contributed by atoms with Crippen molar-refractivity contribution in [2.75, 3.05) is 24.5 Å². The molecule has 1 aromatic carbocycles. The summed E-state index contributed by atoms with van der Waals surface area (Å²) in [5.41, 5.74) is 3.78. The van der Waals surface area contributed by atoms with Crippen LogP contribution in [-0.4, -0.2) is 45.2 Å². The number of aromatic nitrogens is 3. The number of nitrogens with one attached hydrogen (secondary N) is 1. The van der Waals surface area contributed by atoms with Gasteiger partial charge in [-0.15, -0.1) is 10.2 Å². The number of aliphatic hydroxyl groups is 1. The number of hydrogen-bond donors (Lipinski definition) is 2. The lowest BCUT2D eigenvalue weighted by Crippen LogP contribution is -2.37. The zero-order valence-corrected chi connectivity index (χ0v) is 16.9. The Morgan fingerprint density at radius 1 is 1.21 bits per heavy atom. The average molecular weight is 393 g/mol. The van der Waals surface area contributed by atoms with Gasteiger partial charge in [0.1, 0.15) is 6.10 Å². The van der Waals surface area contributed by atoms with Crippen LogP contribution < -0.4 is 10.2 Å². The molecule has 0 spiro atoms. The summed E-state index contributed by atoms with van der Waals surface area (Å²) in [5, 5.41) is 21.5. The standard InChI is InChI=1S/C22H27N5O2/c1-15(2)20(28)21-25-24-19-10-9-17(14-27(19)21)22(29)23-11-13-26-12-5-7-16-6-3-4-8-18(16)26/h3-4,6,8-10,14-15,20,28H,5,7,11-13H2,1-2H3,(H,23,29). The maximum Gasteiger partial charge on any atom is 0.252 e. The minimum Gasteiger partial charge on any atom is -0.385 e. The Kier molecular flexibility index (Phi) is 5.49. The van der Waals surface area contributed by atoms with Gasteiger partial charge in [0.15, 0.2) is 11.5 Å². The number of anilines is 1. The van der Waals surface area contributed by atoms with Crippen molar-refractivity contribution < 1.29 is 9.90 Å². The monoisotopic (exact) mass is 393 g/mol. The van der Waals surface area contributed by atoms with Crippen LogP contribution in [0.5, 0.6) is 0 Å². The molecule has 2 aromatic heterocycles. The van der Waals surface area contributed by atoms with Crippen molar-refractivity contribution >= 4 is 17.2 Å². The van der Waals surface area contributed by atoms with Gasteiger partial charge in [0.2, 0.25) is 0 Å². The minimum absolute atomic E-state index is 0.00676. The van der Waals surface area contributed by atoms with Gasteiger partial charge in [-0.25, -0.2) is 0 Å². The van der Waals surface area contributed by atoms with E-state index in [4.69, 9.17) is 0 Å². The third kappa shape index (κ3) is 3.96. The Hall–Kier alpha value is -2.93. The molecule has 0 saturated heterocycles. The summed E-state index contributed by atoms with van der Waals surface area (Å²) in [7, 11) is 0. The molecule has 1 atom stereocenters. The van der Waals surface area contributed by atoms with Gasteiger partial charge in [-0.1, -0.05) is 32.0 Å². The van der Waals surface area contributed by atoms with Gasteiger partial charge in [0.25, 0.3) is 5.91 Å². The highest BCUT2D eigenvalue weighted by atomic mass is 16.3. The lowest BCUT2D eigenvalue weighted by atomic mass is 10.0. The van der Waals surface area contributed by atoms with Crippen molar-refractivity contribution in [3.8, 4) is 0 Å². The number of aryl methyl sites for hydroxylation is 1. The summed E-state index contributed by atoms with van der Waals surface area (Å²) in [6.07, 6.45) is 3.21. The molecular formula is C22H27N5O2. The molecule has 3 heterocycles. The number of rotatable bonds is 6. The smallest absolute Gasteiger partial charge is 0.252 e. The number of pyridine rings is 1. The van der Waals surface area contributed by atoms with E-state index in [-0.39, 0.29) is 11.8 Å². The van der Waals surface area contributed by atoms with Crippen LogP contribution in [-0.2, 0) is 6.42 Å². The van der Waals surface area contributed by atoms with Crippen LogP contribution in [0.4, 0.5) is 5.69 Å². The molecule has 0 saturated carbocycles. The van der Waals surface area contributed by atoms with Gasteiger partial charge in [0.05, 0.1) is 5.56 Å². The molecule has 29 heavy (non-hydrogen) atoms. The van der Waals surface area contributed by atoms with Crippen molar-refractivity contribution in [2.45, 2.75) is 32.8 Å². The zero-order chi connectivity index (χ0) is 20.4. The molecule has 2 N–H and O–H groups in total. The highest BCUT2D eigenvalue weighted by molar-refractivity contribution is 5.94. The van der Waals surface area contributed by atoms with Crippen LogP contribution in [0.1, 0.15) is 48.1 Å². The summed E-state index contributed by atoms with van der Waals surface area (Å²) < 4.78 is 1.69. The van der Waals surface area contributed by atoms with Crippen LogP contribution in [0.15, 0.2) is 42.6 Å². The largest absolute Gasteiger partial charge is 0.385 e. The Bertz CT molecular complexity index is 1010. The number of carbonyl (C=O) groups excluding carboxylic acids is 1. The minimum atomic E-state index is -0.734. The molecule has 4 rings (SSSR count). The van der Waals surface area contributed by atoms with E-state index in [0.29, 0.717) is 23.6 Å². The quantitative estimate of drug-likeness (QED) is 0.673. The van der Waals surface area contributed by atoms with Gasteiger partial charge < -0.3 is 15.3 Å². The van der Waals surface area contributed by atoms with Crippen molar-refractivity contribution in [1.82, 2.24) is 19.9 Å².